The molecule has 1 N–H and O–H groups in total. The lowest BCUT2D eigenvalue weighted by Gasteiger charge is -2.16. The Kier molecular flexibility index (Phi) is 5.66. The second kappa shape index (κ2) is 7.55. The van der Waals surface area contributed by atoms with Crippen molar-refractivity contribution in [3.8, 4) is 0 Å². The number of pyridine rings is 1. The number of halogens is 3. The van der Waals surface area contributed by atoms with Gasteiger partial charge in [-0.05, 0) is 30.0 Å². The summed E-state index contributed by atoms with van der Waals surface area (Å²) in [7, 11) is 0. The molecule has 0 radical (unpaired) electrons. The van der Waals surface area contributed by atoms with Crippen molar-refractivity contribution < 1.29 is 18.0 Å². The number of alkyl halides is 3. The Morgan fingerprint density at radius 3 is 2.52 bits per heavy atom. The number of para-hydroxylation sites is 1. The number of carbonyl (C=O) groups excluding carboxylic acids is 1. The first-order valence-electron chi connectivity index (χ1n) is 7.88. The number of amides is 1. The summed E-state index contributed by atoms with van der Waals surface area (Å²) in [6.07, 6.45) is -3.04. The molecule has 0 saturated heterocycles. The van der Waals surface area contributed by atoms with E-state index >= 15 is 0 Å². The van der Waals surface area contributed by atoms with E-state index in [2.05, 4.69) is 5.32 Å². The Morgan fingerprint density at radius 1 is 1.20 bits per heavy atom. The summed E-state index contributed by atoms with van der Waals surface area (Å²) in [5.74, 6) is -0.343. The number of aromatic nitrogens is 1. The average Bonchev–Trinajstić information content (AvgIpc) is 2.55. The van der Waals surface area contributed by atoms with Crippen molar-refractivity contribution in [1.82, 2.24) is 4.57 Å². The SMILES string of the molecule is CC[C@@H](C)c1ccccc1NC(=O)Cn1cc(C(F)(F)F)ccc1=O. The van der Waals surface area contributed by atoms with E-state index in [-0.39, 0.29) is 5.92 Å². The van der Waals surface area contributed by atoms with E-state index < -0.39 is 29.8 Å². The molecule has 1 heterocycles. The molecule has 1 aromatic heterocycles. The van der Waals surface area contributed by atoms with E-state index in [4.69, 9.17) is 0 Å². The maximum atomic E-state index is 12.7. The van der Waals surface area contributed by atoms with Crippen LogP contribution in [0.3, 0.4) is 0 Å². The highest BCUT2D eigenvalue weighted by atomic mass is 19.4. The Morgan fingerprint density at radius 2 is 1.88 bits per heavy atom. The molecule has 0 fully saturated rings. The Hall–Kier alpha value is -2.57. The first-order valence-corrected chi connectivity index (χ1v) is 7.88. The molecule has 0 aliphatic rings. The third kappa shape index (κ3) is 4.71. The molecule has 7 heteroatoms. The fourth-order valence-corrected chi connectivity index (χ4v) is 2.43. The second-order valence-corrected chi connectivity index (χ2v) is 5.83. The van der Waals surface area contributed by atoms with Gasteiger partial charge in [-0.25, -0.2) is 0 Å². The van der Waals surface area contributed by atoms with Gasteiger partial charge in [-0.2, -0.15) is 13.2 Å². The molecule has 25 heavy (non-hydrogen) atoms. The number of rotatable bonds is 5. The van der Waals surface area contributed by atoms with Crippen molar-refractivity contribution in [2.24, 2.45) is 0 Å². The van der Waals surface area contributed by atoms with Gasteiger partial charge in [-0.3, -0.25) is 9.59 Å². The van der Waals surface area contributed by atoms with Gasteiger partial charge in [0.05, 0.1) is 5.56 Å². The van der Waals surface area contributed by atoms with Crippen LogP contribution < -0.4 is 10.9 Å². The van der Waals surface area contributed by atoms with Gasteiger partial charge in [0, 0.05) is 18.0 Å². The number of nitrogens with zero attached hydrogens (tertiary/aromatic N) is 1. The van der Waals surface area contributed by atoms with Crippen LogP contribution >= 0.6 is 0 Å². The summed E-state index contributed by atoms with van der Waals surface area (Å²) in [6.45, 7) is 3.55. The summed E-state index contributed by atoms with van der Waals surface area (Å²) in [6, 6.07) is 8.75. The highest BCUT2D eigenvalue weighted by Crippen LogP contribution is 2.28. The molecule has 0 saturated carbocycles. The maximum absolute atomic E-state index is 12.7. The van der Waals surface area contributed by atoms with E-state index in [1.807, 2.05) is 26.0 Å². The van der Waals surface area contributed by atoms with Gasteiger partial charge in [-0.15, -0.1) is 0 Å². The Balaban J connectivity index is 2.21. The smallest absolute Gasteiger partial charge is 0.324 e. The van der Waals surface area contributed by atoms with Crippen LogP contribution in [0.5, 0.6) is 0 Å². The van der Waals surface area contributed by atoms with Gasteiger partial charge < -0.3 is 9.88 Å². The van der Waals surface area contributed by atoms with Crippen molar-refractivity contribution >= 4 is 11.6 Å². The van der Waals surface area contributed by atoms with Crippen molar-refractivity contribution in [1.29, 1.82) is 0 Å². The molecule has 0 spiro atoms. The van der Waals surface area contributed by atoms with Gasteiger partial charge in [0.2, 0.25) is 5.91 Å². The molecule has 4 nitrogen and oxygen atoms in total. The van der Waals surface area contributed by atoms with E-state index in [9.17, 15) is 22.8 Å². The molecule has 0 unspecified atom stereocenters. The van der Waals surface area contributed by atoms with Crippen LogP contribution in [-0.4, -0.2) is 10.5 Å². The minimum Gasteiger partial charge on any atom is -0.324 e. The first-order chi connectivity index (χ1) is 11.7. The number of hydrogen-bond acceptors (Lipinski definition) is 2. The summed E-state index contributed by atoms with van der Waals surface area (Å²) < 4.78 is 39.0. The summed E-state index contributed by atoms with van der Waals surface area (Å²) in [4.78, 5) is 23.9. The molecule has 1 amide bonds. The van der Waals surface area contributed by atoms with Crippen LogP contribution in [0.2, 0.25) is 0 Å². The van der Waals surface area contributed by atoms with Gasteiger partial charge in [0.15, 0.2) is 0 Å². The van der Waals surface area contributed by atoms with Crippen LogP contribution in [0.25, 0.3) is 0 Å². The number of anilines is 1. The molecular weight excluding hydrogens is 333 g/mol. The van der Waals surface area contributed by atoms with E-state index in [0.717, 1.165) is 22.6 Å². The predicted molar refractivity (Wildman–Crippen MR) is 89.5 cm³/mol. The van der Waals surface area contributed by atoms with Gasteiger partial charge in [0.25, 0.3) is 5.56 Å². The second-order valence-electron chi connectivity index (χ2n) is 5.83. The third-order valence-electron chi connectivity index (χ3n) is 4.00. The fraction of sp³-hybridized carbons (Fsp3) is 0.333. The topological polar surface area (TPSA) is 51.1 Å². The minimum absolute atomic E-state index is 0.216. The number of carbonyl (C=O) groups is 1. The molecule has 2 aromatic rings. The lowest BCUT2D eigenvalue weighted by atomic mass is 9.97. The number of hydrogen-bond donors (Lipinski definition) is 1. The molecule has 134 valence electrons. The van der Waals surface area contributed by atoms with E-state index in [0.29, 0.717) is 18.0 Å². The first kappa shape index (κ1) is 18.8. The molecular formula is C18H19F3N2O2. The fourth-order valence-electron chi connectivity index (χ4n) is 2.43. The Labute approximate surface area is 143 Å². The highest BCUT2D eigenvalue weighted by molar-refractivity contribution is 5.91. The lowest BCUT2D eigenvalue weighted by molar-refractivity contribution is -0.138. The monoisotopic (exact) mass is 352 g/mol. The van der Waals surface area contributed by atoms with Crippen LogP contribution in [0.15, 0.2) is 47.4 Å². The molecule has 2 rings (SSSR count). The largest absolute Gasteiger partial charge is 0.417 e. The zero-order chi connectivity index (χ0) is 18.6. The normalized spacial score (nSPS) is 12.7. The van der Waals surface area contributed by atoms with Crippen molar-refractivity contribution in [3.63, 3.8) is 0 Å². The maximum Gasteiger partial charge on any atom is 0.417 e. The van der Waals surface area contributed by atoms with Crippen molar-refractivity contribution in [3.05, 3.63) is 64.1 Å². The molecule has 1 aromatic carbocycles. The standard InChI is InChI=1S/C18H19F3N2O2/c1-3-12(2)14-6-4-5-7-15(14)22-16(24)11-23-10-13(18(19,20)21)8-9-17(23)25/h4-10,12H,3,11H2,1-2H3,(H,22,24)/t12-/m1/s1. The predicted octanol–water partition coefficient (Wildman–Crippen LogP) is 4.02. The number of benzene rings is 1. The average molecular weight is 352 g/mol. The molecule has 0 aliphatic heterocycles. The summed E-state index contributed by atoms with van der Waals surface area (Å²) in [5, 5.41) is 2.68. The van der Waals surface area contributed by atoms with Gasteiger partial charge in [-0.1, -0.05) is 32.0 Å². The van der Waals surface area contributed by atoms with Crippen molar-refractivity contribution in [2.75, 3.05) is 5.32 Å². The quantitative estimate of drug-likeness (QED) is 0.884. The molecule has 0 bridgehead atoms. The summed E-state index contributed by atoms with van der Waals surface area (Å²) >= 11 is 0. The van der Waals surface area contributed by atoms with Crippen LogP contribution in [0, 0.1) is 0 Å². The lowest BCUT2D eigenvalue weighted by Crippen LogP contribution is -2.28. The Bertz CT molecular complexity index is 812. The zero-order valence-electron chi connectivity index (χ0n) is 13.9. The van der Waals surface area contributed by atoms with Crippen LogP contribution in [-0.2, 0) is 17.5 Å². The van der Waals surface area contributed by atoms with E-state index in [1.54, 1.807) is 12.1 Å². The highest BCUT2D eigenvalue weighted by Gasteiger charge is 2.31. The zero-order valence-corrected chi connectivity index (χ0v) is 13.9. The third-order valence-corrected chi connectivity index (χ3v) is 4.00. The van der Waals surface area contributed by atoms with Gasteiger partial charge in [0.1, 0.15) is 6.54 Å². The van der Waals surface area contributed by atoms with E-state index in [1.165, 1.54) is 0 Å². The van der Waals surface area contributed by atoms with Gasteiger partial charge >= 0.3 is 6.18 Å². The number of nitrogens with one attached hydrogen (secondary N) is 1. The minimum atomic E-state index is -4.57. The molecule has 1 atom stereocenters. The summed E-state index contributed by atoms with van der Waals surface area (Å²) in [5.41, 5.74) is -0.102. The van der Waals surface area contributed by atoms with Crippen molar-refractivity contribution in [2.45, 2.75) is 38.9 Å². The van der Waals surface area contributed by atoms with Crippen LogP contribution in [0.1, 0.15) is 37.3 Å². The molecule has 0 aliphatic carbocycles. The van der Waals surface area contributed by atoms with Crippen LogP contribution in [0.4, 0.5) is 18.9 Å².